The van der Waals surface area contributed by atoms with Crippen molar-refractivity contribution in [2.24, 2.45) is 5.92 Å². The second-order valence-electron chi connectivity index (χ2n) is 6.10. The van der Waals surface area contributed by atoms with Gasteiger partial charge in [0.05, 0.1) is 18.9 Å². The Hall–Kier alpha value is -2.41. The van der Waals surface area contributed by atoms with Gasteiger partial charge in [-0.1, -0.05) is 5.92 Å². The number of anilines is 2. The van der Waals surface area contributed by atoms with E-state index in [4.69, 9.17) is 16.9 Å². The van der Waals surface area contributed by atoms with Crippen molar-refractivity contribution < 1.29 is 14.9 Å². The van der Waals surface area contributed by atoms with E-state index in [2.05, 4.69) is 26.2 Å². The summed E-state index contributed by atoms with van der Waals surface area (Å²) < 4.78 is 7.34. The topological polar surface area (TPSA) is 131 Å². The van der Waals surface area contributed by atoms with Gasteiger partial charge in [0.15, 0.2) is 23.2 Å². The van der Waals surface area contributed by atoms with Crippen molar-refractivity contribution in [2.75, 3.05) is 17.7 Å². The first kappa shape index (κ1) is 15.1. The minimum absolute atomic E-state index is 0.113. The number of ether oxygens (including phenoxy) is 1. The first-order valence-electron chi connectivity index (χ1n) is 7.79. The number of aliphatic hydroxyl groups excluding tert-OH is 2. The fraction of sp³-hybridized carbons (Fsp3) is 0.533. The van der Waals surface area contributed by atoms with E-state index in [0.29, 0.717) is 23.0 Å². The van der Waals surface area contributed by atoms with Crippen molar-refractivity contribution in [1.29, 1.82) is 0 Å². The highest BCUT2D eigenvalue weighted by atomic mass is 16.5. The van der Waals surface area contributed by atoms with Gasteiger partial charge in [-0.3, -0.25) is 4.57 Å². The van der Waals surface area contributed by atoms with Gasteiger partial charge in [-0.15, -0.1) is 6.42 Å². The molecule has 1 unspecified atom stereocenters. The van der Waals surface area contributed by atoms with Crippen molar-refractivity contribution in [3.05, 3.63) is 6.33 Å². The second-order valence-corrected chi connectivity index (χ2v) is 6.10. The molecule has 5 N–H and O–H groups in total. The van der Waals surface area contributed by atoms with E-state index < -0.39 is 24.4 Å². The number of hydrogen-bond acceptors (Lipinski definition) is 8. The minimum atomic E-state index is -0.967. The molecule has 0 spiro atoms. The third-order valence-corrected chi connectivity index (χ3v) is 4.37. The normalized spacial score (nSPS) is 29.7. The molecule has 24 heavy (non-hydrogen) atoms. The van der Waals surface area contributed by atoms with Crippen LogP contribution in [0.3, 0.4) is 0 Å². The molecule has 126 valence electrons. The molecule has 2 aromatic heterocycles. The summed E-state index contributed by atoms with van der Waals surface area (Å²) in [6, 6.07) is 0.384. The Morgan fingerprint density at radius 2 is 2.25 bits per heavy atom. The van der Waals surface area contributed by atoms with Crippen molar-refractivity contribution in [3.8, 4) is 12.3 Å². The van der Waals surface area contributed by atoms with Gasteiger partial charge >= 0.3 is 0 Å². The van der Waals surface area contributed by atoms with Crippen LogP contribution in [-0.2, 0) is 4.74 Å². The van der Waals surface area contributed by atoms with E-state index in [1.807, 2.05) is 0 Å². The van der Waals surface area contributed by atoms with Gasteiger partial charge in [-0.05, 0) is 12.8 Å². The number of rotatable bonds is 4. The van der Waals surface area contributed by atoms with E-state index in [1.165, 1.54) is 0 Å². The number of nitrogen functional groups attached to an aromatic ring is 1. The highest BCUT2D eigenvalue weighted by molar-refractivity contribution is 5.84. The Kier molecular flexibility index (Phi) is 3.53. The van der Waals surface area contributed by atoms with E-state index in [1.54, 1.807) is 10.9 Å². The van der Waals surface area contributed by atoms with Crippen molar-refractivity contribution in [3.63, 3.8) is 0 Å². The van der Waals surface area contributed by atoms with Crippen molar-refractivity contribution in [2.45, 2.75) is 37.3 Å². The standard InChI is InChI=1S/C15H18N6O3/c1-2-8-11(23)9(5-22)24-14(8)21-6-17-10-12(18-7-3-4-7)19-15(16)20-13(10)21/h1,6-9,11,14,22-23H,3-5H2,(H3,16,18,19,20)/t8-,9+,11?,14+/m0/s1. The lowest BCUT2D eigenvalue weighted by atomic mass is 10.0. The maximum atomic E-state index is 10.2. The summed E-state index contributed by atoms with van der Waals surface area (Å²) >= 11 is 0. The number of nitrogens with two attached hydrogens (primary N) is 1. The van der Waals surface area contributed by atoms with Gasteiger partial charge in [0.25, 0.3) is 0 Å². The molecule has 1 aliphatic heterocycles. The van der Waals surface area contributed by atoms with Gasteiger partial charge in [0, 0.05) is 6.04 Å². The van der Waals surface area contributed by atoms with Crippen molar-refractivity contribution in [1.82, 2.24) is 19.5 Å². The summed E-state index contributed by atoms with van der Waals surface area (Å²) in [6.07, 6.45) is 6.84. The zero-order chi connectivity index (χ0) is 16.8. The molecule has 1 saturated carbocycles. The highest BCUT2D eigenvalue weighted by Gasteiger charge is 2.44. The average Bonchev–Trinajstić information content (AvgIpc) is 3.18. The van der Waals surface area contributed by atoms with Crippen LogP contribution in [0.2, 0.25) is 0 Å². The van der Waals surface area contributed by atoms with Crippen LogP contribution in [0.1, 0.15) is 19.1 Å². The summed E-state index contributed by atoms with van der Waals surface area (Å²) in [5, 5.41) is 22.8. The summed E-state index contributed by atoms with van der Waals surface area (Å²) in [5.41, 5.74) is 6.86. The van der Waals surface area contributed by atoms with Crippen molar-refractivity contribution >= 4 is 22.9 Å². The number of aliphatic hydroxyl groups is 2. The quantitative estimate of drug-likeness (QED) is 0.551. The highest BCUT2D eigenvalue weighted by Crippen LogP contribution is 2.37. The number of nitrogens with zero attached hydrogens (tertiary/aromatic N) is 4. The summed E-state index contributed by atoms with van der Waals surface area (Å²) in [5.74, 6) is 2.59. The predicted octanol–water partition coefficient (Wildman–Crippen LogP) is -0.517. The molecule has 0 bridgehead atoms. The van der Waals surface area contributed by atoms with Crippen LogP contribution in [0.15, 0.2) is 6.33 Å². The minimum Gasteiger partial charge on any atom is -0.394 e. The van der Waals surface area contributed by atoms with Gasteiger partial charge in [0.1, 0.15) is 12.2 Å². The Bertz CT molecular complexity index is 811. The van der Waals surface area contributed by atoms with Crippen LogP contribution in [0.25, 0.3) is 11.2 Å². The monoisotopic (exact) mass is 330 g/mol. The lowest BCUT2D eigenvalue weighted by Crippen LogP contribution is -2.28. The summed E-state index contributed by atoms with van der Waals surface area (Å²) in [7, 11) is 0. The molecular weight excluding hydrogens is 312 g/mol. The first-order chi connectivity index (χ1) is 11.6. The smallest absolute Gasteiger partial charge is 0.224 e. The Morgan fingerprint density at radius 3 is 2.92 bits per heavy atom. The van der Waals surface area contributed by atoms with E-state index in [9.17, 15) is 10.2 Å². The fourth-order valence-electron chi connectivity index (χ4n) is 2.96. The number of terminal acetylenes is 1. The molecular formula is C15H18N6O3. The fourth-order valence-corrected chi connectivity index (χ4v) is 2.96. The molecule has 2 aliphatic rings. The molecule has 4 atom stereocenters. The lowest BCUT2D eigenvalue weighted by molar-refractivity contribution is -0.0441. The summed E-state index contributed by atoms with van der Waals surface area (Å²) in [6.45, 7) is -0.325. The third-order valence-electron chi connectivity index (χ3n) is 4.37. The van der Waals surface area contributed by atoms with Gasteiger partial charge in [-0.25, -0.2) is 4.98 Å². The first-order valence-corrected chi connectivity index (χ1v) is 7.79. The summed E-state index contributed by atoms with van der Waals surface area (Å²) in [4.78, 5) is 12.8. The number of nitrogens with one attached hydrogen (secondary N) is 1. The molecule has 0 amide bonds. The zero-order valence-corrected chi connectivity index (χ0v) is 12.8. The van der Waals surface area contributed by atoms with Gasteiger partial charge in [-0.2, -0.15) is 9.97 Å². The van der Waals surface area contributed by atoms with E-state index >= 15 is 0 Å². The molecule has 0 radical (unpaired) electrons. The number of fused-ring (bicyclic) bond motifs is 1. The maximum absolute atomic E-state index is 10.2. The van der Waals surface area contributed by atoms with Crippen LogP contribution in [0.4, 0.5) is 11.8 Å². The Labute approximate surface area is 137 Å². The SMILES string of the molecule is C#C[C@H]1C(O)[C@@H](CO)O[C@H]1n1cnc2c(NC3CC3)nc(N)nc21. The third kappa shape index (κ3) is 2.36. The van der Waals surface area contributed by atoms with E-state index in [-0.39, 0.29) is 12.6 Å². The largest absolute Gasteiger partial charge is 0.394 e. The molecule has 4 rings (SSSR count). The Balaban J connectivity index is 1.77. The van der Waals surface area contributed by atoms with Crippen LogP contribution in [-0.4, -0.2) is 54.6 Å². The number of aromatic nitrogens is 4. The molecule has 1 saturated heterocycles. The van der Waals surface area contributed by atoms with Gasteiger partial charge in [0.2, 0.25) is 5.95 Å². The van der Waals surface area contributed by atoms with Gasteiger partial charge < -0.3 is 26.0 Å². The molecule has 9 nitrogen and oxygen atoms in total. The second kappa shape index (κ2) is 5.59. The molecule has 3 heterocycles. The molecule has 2 fully saturated rings. The van der Waals surface area contributed by atoms with Crippen LogP contribution in [0, 0.1) is 18.3 Å². The average molecular weight is 330 g/mol. The lowest BCUT2D eigenvalue weighted by Gasteiger charge is -2.17. The van der Waals surface area contributed by atoms with Crippen LogP contribution in [0.5, 0.6) is 0 Å². The molecule has 2 aromatic rings. The predicted molar refractivity (Wildman–Crippen MR) is 85.7 cm³/mol. The number of imidazole rings is 1. The molecule has 9 heteroatoms. The van der Waals surface area contributed by atoms with E-state index in [0.717, 1.165) is 12.8 Å². The van der Waals surface area contributed by atoms with Crippen LogP contribution < -0.4 is 11.1 Å². The Morgan fingerprint density at radius 1 is 1.46 bits per heavy atom. The molecule has 1 aliphatic carbocycles. The molecule has 0 aromatic carbocycles. The maximum Gasteiger partial charge on any atom is 0.224 e. The number of hydrogen-bond donors (Lipinski definition) is 4. The van der Waals surface area contributed by atoms with Crippen LogP contribution >= 0.6 is 0 Å². The zero-order valence-electron chi connectivity index (χ0n) is 12.8.